The van der Waals surface area contributed by atoms with Gasteiger partial charge >= 0.3 is 0 Å². The molecule has 0 saturated carbocycles. The van der Waals surface area contributed by atoms with E-state index in [0.29, 0.717) is 22.4 Å². The summed E-state index contributed by atoms with van der Waals surface area (Å²) in [4.78, 5) is 14.6. The van der Waals surface area contributed by atoms with Gasteiger partial charge in [-0.2, -0.15) is 0 Å². The molecule has 0 bridgehead atoms. The Labute approximate surface area is 192 Å². The average molecular weight is 456 g/mol. The van der Waals surface area contributed by atoms with E-state index in [4.69, 9.17) is 11.6 Å². The summed E-state index contributed by atoms with van der Waals surface area (Å²) in [7, 11) is 0. The molecule has 0 fully saturated rings. The van der Waals surface area contributed by atoms with Crippen LogP contribution in [0.3, 0.4) is 0 Å². The molecule has 3 rings (SSSR count). The highest BCUT2D eigenvalue weighted by Crippen LogP contribution is 2.26. The highest BCUT2D eigenvalue weighted by Gasteiger charge is 2.15. The van der Waals surface area contributed by atoms with E-state index in [0.717, 1.165) is 24.5 Å². The van der Waals surface area contributed by atoms with Crippen molar-refractivity contribution in [1.82, 2.24) is 14.8 Å². The Morgan fingerprint density at radius 1 is 1.13 bits per heavy atom. The lowest BCUT2D eigenvalue weighted by molar-refractivity contribution is -0.113. The molecule has 0 atom stereocenters. The zero-order valence-corrected chi connectivity index (χ0v) is 19.3. The fraction of sp³-hybridized carbons (Fsp3) is 0.261. The number of allylic oxidation sites excluding steroid dienone is 1. The van der Waals surface area contributed by atoms with Crippen molar-refractivity contribution in [2.24, 2.45) is 0 Å². The van der Waals surface area contributed by atoms with E-state index in [9.17, 15) is 4.79 Å². The number of hydrogen-bond donors (Lipinski definition) is 1. The number of amides is 1. The van der Waals surface area contributed by atoms with Crippen LogP contribution in [0.5, 0.6) is 0 Å². The predicted molar refractivity (Wildman–Crippen MR) is 130 cm³/mol. The first kappa shape index (κ1) is 22.9. The van der Waals surface area contributed by atoms with Crippen LogP contribution in [-0.4, -0.2) is 39.5 Å². The normalized spacial score (nSPS) is 10.7. The SMILES string of the molecule is C=CCn1c(SCC(=O)Nc2ccc(Cl)cc2)nnc1-c1ccc(N(CC)CC)cc1. The van der Waals surface area contributed by atoms with Crippen molar-refractivity contribution in [2.75, 3.05) is 29.1 Å². The number of hydrogen-bond acceptors (Lipinski definition) is 5. The van der Waals surface area contributed by atoms with E-state index in [1.165, 1.54) is 17.4 Å². The molecule has 0 radical (unpaired) electrons. The Balaban J connectivity index is 1.72. The molecule has 0 aliphatic rings. The van der Waals surface area contributed by atoms with Crippen LogP contribution in [0.4, 0.5) is 11.4 Å². The van der Waals surface area contributed by atoms with E-state index in [1.54, 1.807) is 30.3 Å². The summed E-state index contributed by atoms with van der Waals surface area (Å²) in [5.74, 6) is 0.857. The van der Waals surface area contributed by atoms with Crippen molar-refractivity contribution in [2.45, 2.75) is 25.5 Å². The number of benzene rings is 2. The molecule has 1 amide bonds. The molecule has 8 heteroatoms. The molecule has 162 valence electrons. The van der Waals surface area contributed by atoms with Gasteiger partial charge in [0, 0.05) is 41.6 Å². The molecule has 1 N–H and O–H groups in total. The maximum atomic E-state index is 12.3. The highest BCUT2D eigenvalue weighted by molar-refractivity contribution is 7.99. The minimum Gasteiger partial charge on any atom is -0.372 e. The van der Waals surface area contributed by atoms with Crippen molar-refractivity contribution in [3.63, 3.8) is 0 Å². The number of rotatable bonds is 10. The Kier molecular flexibility index (Phi) is 8.14. The van der Waals surface area contributed by atoms with Crippen LogP contribution in [0.15, 0.2) is 66.3 Å². The average Bonchev–Trinajstić information content (AvgIpc) is 3.18. The van der Waals surface area contributed by atoms with Crippen LogP contribution in [0, 0.1) is 0 Å². The first-order chi connectivity index (χ1) is 15.0. The number of carbonyl (C=O) groups is 1. The van der Waals surface area contributed by atoms with Crippen molar-refractivity contribution in [1.29, 1.82) is 0 Å². The molecule has 6 nitrogen and oxygen atoms in total. The summed E-state index contributed by atoms with van der Waals surface area (Å²) >= 11 is 7.23. The van der Waals surface area contributed by atoms with Gasteiger partial charge in [-0.05, 0) is 62.4 Å². The number of anilines is 2. The maximum Gasteiger partial charge on any atom is 0.234 e. The largest absolute Gasteiger partial charge is 0.372 e. The standard InChI is InChI=1S/C23H26ClN5OS/c1-4-15-29-22(17-7-13-20(14-8-17)28(5-2)6-3)26-27-23(29)31-16-21(30)25-19-11-9-18(24)10-12-19/h4,7-14H,1,5-6,15-16H2,2-3H3,(H,25,30). The van der Waals surface area contributed by atoms with Gasteiger partial charge in [-0.1, -0.05) is 29.4 Å². The lowest BCUT2D eigenvalue weighted by Gasteiger charge is -2.21. The molecule has 3 aromatic rings. The number of aromatic nitrogens is 3. The molecule has 2 aromatic carbocycles. The molecule has 0 spiro atoms. The van der Waals surface area contributed by atoms with E-state index in [-0.39, 0.29) is 11.7 Å². The van der Waals surface area contributed by atoms with Crippen molar-refractivity contribution < 1.29 is 4.79 Å². The monoisotopic (exact) mass is 455 g/mol. The van der Waals surface area contributed by atoms with Gasteiger partial charge in [-0.15, -0.1) is 16.8 Å². The lowest BCUT2D eigenvalue weighted by atomic mass is 10.2. The van der Waals surface area contributed by atoms with E-state index >= 15 is 0 Å². The molecule has 31 heavy (non-hydrogen) atoms. The zero-order valence-electron chi connectivity index (χ0n) is 17.7. The first-order valence-electron chi connectivity index (χ1n) is 10.1. The van der Waals surface area contributed by atoms with Crippen molar-refractivity contribution in [3.8, 4) is 11.4 Å². The predicted octanol–water partition coefficient (Wildman–Crippen LogP) is 5.36. The van der Waals surface area contributed by atoms with E-state index < -0.39 is 0 Å². The number of nitrogens with zero attached hydrogens (tertiary/aromatic N) is 4. The van der Waals surface area contributed by atoms with Gasteiger partial charge in [0.1, 0.15) is 0 Å². The molecule has 0 unspecified atom stereocenters. The number of thioether (sulfide) groups is 1. The Bertz CT molecular complexity index is 1010. The van der Waals surface area contributed by atoms with Crippen LogP contribution >= 0.6 is 23.4 Å². The Hall–Kier alpha value is -2.77. The first-order valence-corrected chi connectivity index (χ1v) is 11.5. The third-order valence-electron chi connectivity index (χ3n) is 4.74. The summed E-state index contributed by atoms with van der Waals surface area (Å²) in [5.41, 5.74) is 2.86. The van der Waals surface area contributed by atoms with Gasteiger partial charge in [0.25, 0.3) is 0 Å². The van der Waals surface area contributed by atoms with Crippen LogP contribution in [0.2, 0.25) is 5.02 Å². The summed E-state index contributed by atoms with van der Waals surface area (Å²) in [6.07, 6.45) is 1.80. The van der Waals surface area contributed by atoms with Gasteiger partial charge in [0.05, 0.1) is 5.75 Å². The summed E-state index contributed by atoms with van der Waals surface area (Å²) in [6, 6.07) is 15.3. The molecule has 0 saturated heterocycles. The topological polar surface area (TPSA) is 63.1 Å². The third kappa shape index (κ3) is 5.89. The van der Waals surface area contributed by atoms with E-state index in [2.05, 4.69) is 65.1 Å². The molecule has 0 aliphatic carbocycles. The molecule has 0 aliphatic heterocycles. The minimum absolute atomic E-state index is 0.120. The number of halogens is 1. The van der Waals surface area contributed by atoms with E-state index in [1.807, 2.05) is 4.57 Å². The Morgan fingerprint density at radius 2 is 1.81 bits per heavy atom. The Morgan fingerprint density at radius 3 is 2.42 bits per heavy atom. The van der Waals surface area contributed by atoms with Crippen molar-refractivity contribution >= 4 is 40.6 Å². The van der Waals surface area contributed by atoms with Crippen molar-refractivity contribution in [3.05, 3.63) is 66.2 Å². The van der Waals surface area contributed by atoms with Gasteiger partial charge in [-0.25, -0.2) is 0 Å². The second kappa shape index (κ2) is 11.0. The van der Waals surface area contributed by atoms with Crippen LogP contribution < -0.4 is 10.2 Å². The number of carbonyl (C=O) groups excluding carboxylic acids is 1. The van der Waals surface area contributed by atoms with Crippen LogP contribution in [0.1, 0.15) is 13.8 Å². The van der Waals surface area contributed by atoms with Crippen LogP contribution in [-0.2, 0) is 11.3 Å². The smallest absolute Gasteiger partial charge is 0.234 e. The second-order valence-corrected chi connectivity index (χ2v) is 8.15. The molecule has 1 aromatic heterocycles. The highest BCUT2D eigenvalue weighted by atomic mass is 35.5. The second-order valence-electron chi connectivity index (χ2n) is 6.77. The van der Waals surface area contributed by atoms with Gasteiger partial charge < -0.3 is 10.2 Å². The molecular weight excluding hydrogens is 430 g/mol. The summed E-state index contributed by atoms with van der Waals surface area (Å²) in [5, 5.41) is 12.8. The number of nitrogens with one attached hydrogen (secondary N) is 1. The molecule has 1 heterocycles. The summed E-state index contributed by atoms with van der Waals surface area (Å²) in [6.45, 7) is 10.6. The van der Waals surface area contributed by atoms with Gasteiger partial charge in [-0.3, -0.25) is 9.36 Å². The fourth-order valence-corrected chi connectivity index (χ4v) is 4.05. The van der Waals surface area contributed by atoms with Crippen LogP contribution in [0.25, 0.3) is 11.4 Å². The third-order valence-corrected chi connectivity index (χ3v) is 5.96. The maximum absolute atomic E-state index is 12.3. The lowest BCUT2D eigenvalue weighted by Crippen LogP contribution is -2.21. The fourth-order valence-electron chi connectivity index (χ4n) is 3.17. The zero-order chi connectivity index (χ0) is 22.2. The quantitative estimate of drug-likeness (QED) is 0.329. The summed E-state index contributed by atoms with van der Waals surface area (Å²) < 4.78 is 1.97. The molecular formula is C23H26ClN5OS. The van der Waals surface area contributed by atoms with Gasteiger partial charge in [0.15, 0.2) is 11.0 Å². The minimum atomic E-state index is -0.120. The van der Waals surface area contributed by atoms with Gasteiger partial charge in [0.2, 0.25) is 5.91 Å².